The van der Waals surface area contributed by atoms with Crippen LogP contribution in [-0.4, -0.2) is 15.0 Å². The Bertz CT molecular complexity index is 4030. The molecule has 9 rings (SSSR count). The molecule has 0 N–H and O–H groups in total. The number of hydrogen-bond donors (Lipinski definition) is 0. The monoisotopic (exact) mass is 628 g/mol. The summed E-state index contributed by atoms with van der Waals surface area (Å²) in [6, 6.07) is -23.9. The second kappa shape index (κ2) is 11.2. The zero-order chi connectivity index (χ0) is 54.7. The van der Waals surface area contributed by atoms with Crippen molar-refractivity contribution in [1.82, 2.24) is 15.0 Å². The van der Waals surface area contributed by atoms with E-state index in [-0.39, 0.29) is 0 Å². The van der Waals surface area contributed by atoms with Crippen LogP contribution in [0.1, 0.15) is 37.0 Å². The van der Waals surface area contributed by atoms with Crippen molar-refractivity contribution in [2.45, 2.75) is 0 Å². The molecule has 9 aromatic rings. The van der Waals surface area contributed by atoms with Gasteiger partial charge in [0.05, 0.1) is 37.0 Å². The minimum absolute atomic E-state index is 0.410. The molecule has 0 aliphatic carbocycles. The van der Waals surface area contributed by atoms with Gasteiger partial charge in [0.15, 0.2) is 17.5 Å². The number of nitrogens with zero attached hydrogens (tertiary/aromatic N) is 3. The summed E-state index contributed by atoms with van der Waals surface area (Å²) in [7, 11) is 0. The number of para-hydroxylation sites is 1. The lowest BCUT2D eigenvalue weighted by Crippen LogP contribution is -2.00. The van der Waals surface area contributed by atoms with Gasteiger partial charge < -0.3 is 4.42 Å². The summed E-state index contributed by atoms with van der Waals surface area (Å²) in [5.41, 5.74) is -6.16. The highest BCUT2D eigenvalue weighted by Crippen LogP contribution is 2.37. The molecule has 0 aliphatic rings. The molecule has 4 nitrogen and oxygen atoms in total. The summed E-state index contributed by atoms with van der Waals surface area (Å²) < 4.78 is 241. The number of aromatic nitrogens is 3. The van der Waals surface area contributed by atoms with E-state index in [1.165, 1.54) is 0 Å². The van der Waals surface area contributed by atoms with E-state index >= 15 is 0 Å². The standard InChI is InChI=1S/C43H27N3O/c1-3-10-28(11-4-1)32-22-23-34-27-35(25-24-33(34)26-32)43-45-41(30-12-5-2-6-13-30)44-42(46-43)31-20-18-29(19-21-31)36-15-9-17-39-40(36)37-14-7-8-16-38(37)47-39/h1-27H/i1D,2D,3D,4D,5D,6D,7D,8D,9D,10D,11D,12D,13D,14D,15D,16D,17D,18D,19D,20D,21D,22D,23D,24D,25D,26D,27D. The van der Waals surface area contributed by atoms with Gasteiger partial charge in [0.25, 0.3) is 0 Å². The molecule has 0 radical (unpaired) electrons. The van der Waals surface area contributed by atoms with Crippen molar-refractivity contribution in [3.63, 3.8) is 0 Å². The molecule has 47 heavy (non-hydrogen) atoms. The van der Waals surface area contributed by atoms with Crippen LogP contribution in [-0.2, 0) is 0 Å². The SMILES string of the molecule is [2H]c1c([2H])c([2H])c(-c2nc(-c3c([2H])c([2H])c(-c4c([2H])c([2H])c([2H])c5oc6c([2H])c([2H])c([2H])c([2H])c6c45)c([2H])c3[2H])nc(-c3c([2H])c([2H])c4c([2H])c(-c5c([2H])c([2H])c([2H])c([2H])c5[2H])c([2H])c([2H])c4c3[2H])n2)c([2H])c1[2H]. The fraction of sp³-hybridized carbons (Fsp3) is 0. The Kier molecular flexibility index (Phi) is 2.66. The minimum Gasteiger partial charge on any atom is -0.456 e. The Morgan fingerprint density at radius 3 is 1.62 bits per heavy atom. The first-order chi connectivity index (χ1) is 34.5. The Morgan fingerprint density at radius 2 is 0.894 bits per heavy atom. The van der Waals surface area contributed by atoms with E-state index in [0.29, 0.717) is 0 Å². The van der Waals surface area contributed by atoms with Crippen molar-refractivity contribution in [3.05, 3.63) is 163 Å². The molecule has 4 heteroatoms. The summed E-state index contributed by atoms with van der Waals surface area (Å²) >= 11 is 0. The van der Waals surface area contributed by atoms with Crippen LogP contribution >= 0.6 is 0 Å². The smallest absolute Gasteiger partial charge is 0.164 e. The molecule has 2 aromatic heterocycles. The molecular weight excluding hydrogens is 574 g/mol. The first-order valence-electron chi connectivity index (χ1n) is 27.0. The molecule has 2 heterocycles. The molecule has 0 spiro atoms. The van der Waals surface area contributed by atoms with Gasteiger partial charge in [0, 0.05) is 27.5 Å². The molecule has 0 fully saturated rings. The lowest BCUT2D eigenvalue weighted by Gasteiger charge is -2.10. The van der Waals surface area contributed by atoms with E-state index in [4.69, 9.17) is 33.2 Å². The zero-order valence-electron chi connectivity index (χ0n) is 50.2. The van der Waals surface area contributed by atoms with Gasteiger partial charge in [0.1, 0.15) is 11.2 Å². The van der Waals surface area contributed by atoms with Crippen molar-refractivity contribution >= 4 is 32.7 Å². The Labute approximate surface area is 309 Å². The van der Waals surface area contributed by atoms with Gasteiger partial charge in [-0.1, -0.05) is 139 Å². The van der Waals surface area contributed by atoms with Gasteiger partial charge >= 0.3 is 0 Å². The molecule has 0 amide bonds. The van der Waals surface area contributed by atoms with Crippen LogP contribution < -0.4 is 0 Å². The van der Waals surface area contributed by atoms with Crippen LogP contribution in [0.5, 0.6) is 0 Å². The van der Waals surface area contributed by atoms with E-state index in [0.717, 1.165) is 0 Å². The molecule has 0 aliphatic heterocycles. The van der Waals surface area contributed by atoms with Gasteiger partial charge in [0.2, 0.25) is 0 Å². The average molecular weight is 629 g/mol. The van der Waals surface area contributed by atoms with Gasteiger partial charge in [-0.2, -0.15) is 0 Å². The molecule has 0 unspecified atom stereocenters. The van der Waals surface area contributed by atoms with Crippen molar-refractivity contribution < 1.29 is 41.4 Å². The number of rotatable bonds is 5. The van der Waals surface area contributed by atoms with E-state index < -0.39 is 252 Å². The summed E-state index contributed by atoms with van der Waals surface area (Å²) in [5, 5.41) is -2.19. The molecular formula is C43H27N3O. The largest absolute Gasteiger partial charge is 0.456 e. The zero-order valence-corrected chi connectivity index (χ0v) is 23.2. The van der Waals surface area contributed by atoms with Gasteiger partial charge in [-0.05, 0) is 57.2 Å². The predicted molar refractivity (Wildman–Crippen MR) is 192 cm³/mol. The van der Waals surface area contributed by atoms with Crippen LogP contribution in [0.3, 0.4) is 0 Å². The second-order valence-corrected chi connectivity index (χ2v) is 9.57. The maximum atomic E-state index is 9.38. The van der Waals surface area contributed by atoms with E-state index in [9.17, 15) is 8.22 Å². The average Bonchev–Trinajstić information content (AvgIpc) is 3.77. The highest BCUT2D eigenvalue weighted by Gasteiger charge is 2.15. The molecule has 7 aromatic carbocycles. The molecule has 0 bridgehead atoms. The van der Waals surface area contributed by atoms with Gasteiger partial charge in [-0.25, -0.2) is 15.0 Å². The third kappa shape index (κ3) is 4.93. The topological polar surface area (TPSA) is 51.8 Å². The number of fused-ring (bicyclic) bond motifs is 4. The van der Waals surface area contributed by atoms with E-state index in [2.05, 4.69) is 15.0 Å². The summed E-state index contributed by atoms with van der Waals surface area (Å²) in [5.74, 6) is -2.62. The van der Waals surface area contributed by atoms with Crippen LogP contribution in [0.15, 0.2) is 168 Å². The summed E-state index contributed by atoms with van der Waals surface area (Å²) in [6.45, 7) is 0. The molecule has 0 atom stereocenters. The summed E-state index contributed by atoms with van der Waals surface area (Å²) in [4.78, 5) is 12.8. The van der Waals surface area contributed by atoms with Crippen molar-refractivity contribution in [2.75, 3.05) is 0 Å². The minimum atomic E-state index is -1.03. The highest BCUT2D eigenvalue weighted by atomic mass is 16.3. The van der Waals surface area contributed by atoms with Crippen molar-refractivity contribution in [2.24, 2.45) is 0 Å². The van der Waals surface area contributed by atoms with Crippen molar-refractivity contribution in [3.8, 4) is 56.4 Å². The second-order valence-electron chi connectivity index (χ2n) is 9.57. The quantitative estimate of drug-likeness (QED) is 0.190. The molecule has 0 saturated heterocycles. The highest BCUT2D eigenvalue weighted by molar-refractivity contribution is 6.12. The normalized spacial score (nSPS) is 19.4. The van der Waals surface area contributed by atoms with Crippen LogP contribution in [0, 0.1) is 0 Å². The Balaban J connectivity index is 1.39. The number of furan rings is 1. The fourth-order valence-corrected chi connectivity index (χ4v) is 4.66. The molecule has 220 valence electrons. The number of benzene rings is 7. The maximum Gasteiger partial charge on any atom is 0.164 e. The third-order valence-corrected chi connectivity index (χ3v) is 6.75. The van der Waals surface area contributed by atoms with Gasteiger partial charge in [-0.3, -0.25) is 0 Å². The summed E-state index contributed by atoms with van der Waals surface area (Å²) in [6.07, 6.45) is 0. The van der Waals surface area contributed by atoms with Crippen LogP contribution in [0.25, 0.3) is 89.1 Å². The van der Waals surface area contributed by atoms with Gasteiger partial charge in [-0.15, -0.1) is 0 Å². The van der Waals surface area contributed by atoms with Crippen LogP contribution in [0.2, 0.25) is 0 Å². The third-order valence-electron chi connectivity index (χ3n) is 6.75. The van der Waals surface area contributed by atoms with Crippen LogP contribution in [0.4, 0.5) is 0 Å². The van der Waals surface area contributed by atoms with E-state index in [1.807, 2.05) is 0 Å². The first-order valence-corrected chi connectivity index (χ1v) is 13.5. The Morgan fingerprint density at radius 1 is 0.383 bits per heavy atom. The maximum absolute atomic E-state index is 9.38. The van der Waals surface area contributed by atoms with E-state index in [1.54, 1.807) is 0 Å². The lowest BCUT2D eigenvalue weighted by atomic mass is 9.98. The Hall–Kier alpha value is -6.39. The predicted octanol–water partition coefficient (Wildman–Crippen LogP) is 11.3. The molecule has 0 saturated carbocycles. The first kappa shape index (κ1) is 11.1. The fourth-order valence-electron chi connectivity index (χ4n) is 4.66. The number of hydrogen-bond acceptors (Lipinski definition) is 4. The lowest BCUT2D eigenvalue weighted by molar-refractivity contribution is 0.669. The van der Waals surface area contributed by atoms with Crippen molar-refractivity contribution in [1.29, 1.82) is 0 Å².